The molecule has 4 heteroatoms. The van der Waals surface area contributed by atoms with E-state index in [4.69, 9.17) is 5.73 Å². The van der Waals surface area contributed by atoms with Gasteiger partial charge in [-0.05, 0) is 31.4 Å². The number of rotatable bonds is 5. The number of hydrogen-bond donors (Lipinski definition) is 2. The molecule has 3 nitrogen and oxygen atoms in total. The lowest BCUT2D eigenvalue weighted by Crippen LogP contribution is -2.42. The van der Waals surface area contributed by atoms with Crippen LogP contribution in [0.3, 0.4) is 0 Å². The molecule has 0 heterocycles. The zero-order valence-corrected chi connectivity index (χ0v) is 12.1. The van der Waals surface area contributed by atoms with E-state index in [1.54, 1.807) is 0 Å². The summed E-state index contributed by atoms with van der Waals surface area (Å²) in [4.78, 5) is 12.0. The highest BCUT2D eigenvalue weighted by molar-refractivity contribution is 5.87. The molecule has 0 unspecified atom stereocenters. The average molecular weight is 271 g/mol. The third-order valence-corrected chi connectivity index (χ3v) is 3.08. The highest BCUT2D eigenvalue weighted by Crippen LogP contribution is 2.23. The summed E-state index contributed by atoms with van der Waals surface area (Å²) in [6.45, 7) is 6.97. The number of halogens is 1. The van der Waals surface area contributed by atoms with Crippen LogP contribution in [0.15, 0.2) is 24.3 Å². The van der Waals surface area contributed by atoms with E-state index in [1.165, 1.54) is 5.56 Å². The lowest BCUT2D eigenvalue weighted by molar-refractivity contribution is -0.125. The molecule has 0 radical (unpaired) electrons. The number of nitrogens with one attached hydrogen (secondary N) is 1. The van der Waals surface area contributed by atoms with Crippen molar-refractivity contribution >= 4 is 18.3 Å². The van der Waals surface area contributed by atoms with Crippen molar-refractivity contribution in [2.45, 2.75) is 32.6 Å². The first kappa shape index (κ1) is 16.9. The second kappa shape index (κ2) is 7.39. The molecule has 0 saturated carbocycles. The third-order valence-electron chi connectivity index (χ3n) is 3.08. The predicted octanol–water partition coefficient (Wildman–Crippen LogP) is 2.02. The van der Waals surface area contributed by atoms with Crippen LogP contribution in [-0.4, -0.2) is 19.0 Å². The summed E-state index contributed by atoms with van der Waals surface area (Å²) in [5.41, 5.74) is 7.19. The van der Waals surface area contributed by atoms with Crippen molar-refractivity contribution in [2.24, 2.45) is 5.73 Å². The molecule has 0 spiro atoms. The van der Waals surface area contributed by atoms with Crippen molar-refractivity contribution in [2.75, 3.05) is 13.1 Å². The maximum absolute atomic E-state index is 12.0. The van der Waals surface area contributed by atoms with Crippen LogP contribution in [0, 0.1) is 0 Å². The number of amides is 1. The van der Waals surface area contributed by atoms with Gasteiger partial charge < -0.3 is 11.1 Å². The van der Waals surface area contributed by atoms with Gasteiger partial charge in [-0.3, -0.25) is 4.79 Å². The second-order valence-electron chi connectivity index (χ2n) is 4.72. The van der Waals surface area contributed by atoms with E-state index < -0.39 is 5.41 Å². The molecule has 1 rings (SSSR count). The van der Waals surface area contributed by atoms with E-state index in [9.17, 15) is 4.79 Å². The fourth-order valence-electron chi connectivity index (χ4n) is 1.69. The molecule has 18 heavy (non-hydrogen) atoms. The van der Waals surface area contributed by atoms with Crippen LogP contribution >= 0.6 is 12.4 Å². The van der Waals surface area contributed by atoms with E-state index in [1.807, 2.05) is 26.0 Å². The highest BCUT2D eigenvalue weighted by Gasteiger charge is 2.29. The minimum Gasteiger partial charge on any atom is -0.354 e. The van der Waals surface area contributed by atoms with Gasteiger partial charge in [-0.25, -0.2) is 0 Å². The molecule has 1 amide bonds. The summed E-state index contributed by atoms with van der Waals surface area (Å²) in [7, 11) is 0. The maximum atomic E-state index is 12.0. The van der Waals surface area contributed by atoms with Gasteiger partial charge in [-0.2, -0.15) is 0 Å². The van der Waals surface area contributed by atoms with E-state index in [-0.39, 0.29) is 18.3 Å². The molecule has 0 bridgehead atoms. The normalized spacial score (nSPS) is 10.7. The van der Waals surface area contributed by atoms with Crippen LogP contribution < -0.4 is 11.1 Å². The Balaban J connectivity index is 0.00000289. The minimum absolute atomic E-state index is 0. The first-order chi connectivity index (χ1) is 8.02. The largest absolute Gasteiger partial charge is 0.354 e. The fourth-order valence-corrected chi connectivity index (χ4v) is 1.69. The average Bonchev–Trinajstić information content (AvgIpc) is 2.35. The monoisotopic (exact) mass is 270 g/mol. The summed E-state index contributed by atoms with van der Waals surface area (Å²) in [5.74, 6) is 0.0206. The summed E-state index contributed by atoms with van der Waals surface area (Å²) >= 11 is 0. The predicted molar refractivity (Wildman–Crippen MR) is 78.2 cm³/mol. The van der Waals surface area contributed by atoms with Gasteiger partial charge in [0.25, 0.3) is 0 Å². The molecule has 1 aromatic rings. The van der Waals surface area contributed by atoms with Gasteiger partial charge in [0.05, 0.1) is 5.41 Å². The van der Waals surface area contributed by atoms with Crippen LogP contribution in [0.5, 0.6) is 0 Å². The van der Waals surface area contributed by atoms with Gasteiger partial charge in [0.2, 0.25) is 5.91 Å². The topological polar surface area (TPSA) is 55.1 Å². The van der Waals surface area contributed by atoms with E-state index in [0.29, 0.717) is 13.1 Å². The molecule has 3 N–H and O–H groups in total. The molecule has 1 aromatic carbocycles. The summed E-state index contributed by atoms with van der Waals surface area (Å²) in [6, 6.07) is 8.21. The number of benzene rings is 1. The Labute approximate surface area is 116 Å². The number of hydrogen-bond acceptors (Lipinski definition) is 2. The van der Waals surface area contributed by atoms with Gasteiger partial charge in [0.15, 0.2) is 0 Å². The molecule has 0 aliphatic heterocycles. The molecule has 0 aliphatic rings. The van der Waals surface area contributed by atoms with Crippen molar-refractivity contribution < 1.29 is 4.79 Å². The van der Waals surface area contributed by atoms with Crippen molar-refractivity contribution in [3.8, 4) is 0 Å². The van der Waals surface area contributed by atoms with Crippen molar-refractivity contribution in [3.05, 3.63) is 35.4 Å². The Morgan fingerprint density at radius 1 is 1.28 bits per heavy atom. The number of carbonyl (C=O) groups excluding carboxylic acids is 1. The molecule has 102 valence electrons. The lowest BCUT2D eigenvalue weighted by Gasteiger charge is -2.24. The van der Waals surface area contributed by atoms with E-state index >= 15 is 0 Å². The molecule has 0 aliphatic carbocycles. The second-order valence-corrected chi connectivity index (χ2v) is 4.72. The molecular weight excluding hydrogens is 248 g/mol. The molecule has 0 saturated heterocycles. The number of carbonyl (C=O) groups is 1. The van der Waals surface area contributed by atoms with Crippen LogP contribution in [0.4, 0.5) is 0 Å². The molecule has 0 atom stereocenters. The van der Waals surface area contributed by atoms with Crippen LogP contribution in [-0.2, 0) is 16.6 Å². The maximum Gasteiger partial charge on any atom is 0.230 e. The standard InChI is InChI=1S/C14H22N2O.ClH/c1-4-11-5-7-12(8-6-11)14(2,3)13(17)16-10-9-15;/h5-8H,4,9-10,15H2,1-3H3,(H,16,17);1H. The quantitative estimate of drug-likeness (QED) is 0.860. The van der Waals surface area contributed by atoms with Gasteiger partial charge in [-0.1, -0.05) is 31.2 Å². The first-order valence-corrected chi connectivity index (χ1v) is 6.10. The molecule has 0 fully saturated rings. The van der Waals surface area contributed by atoms with E-state index in [2.05, 4.69) is 24.4 Å². The van der Waals surface area contributed by atoms with Gasteiger partial charge in [0, 0.05) is 13.1 Å². The summed E-state index contributed by atoms with van der Waals surface area (Å²) < 4.78 is 0. The smallest absolute Gasteiger partial charge is 0.230 e. The number of aryl methyl sites for hydroxylation is 1. The molecular formula is C14H23ClN2O. The van der Waals surface area contributed by atoms with Crippen LogP contribution in [0.25, 0.3) is 0 Å². The lowest BCUT2D eigenvalue weighted by atomic mass is 9.83. The molecule has 0 aromatic heterocycles. The van der Waals surface area contributed by atoms with Crippen molar-refractivity contribution in [1.29, 1.82) is 0 Å². The third kappa shape index (κ3) is 4.00. The minimum atomic E-state index is -0.512. The SMILES string of the molecule is CCc1ccc(C(C)(C)C(=O)NCCN)cc1.Cl. The van der Waals surface area contributed by atoms with Crippen LogP contribution in [0.1, 0.15) is 31.9 Å². The Kier molecular flexibility index (Phi) is 6.96. The summed E-state index contributed by atoms with van der Waals surface area (Å²) in [5, 5.41) is 2.84. The van der Waals surface area contributed by atoms with Gasteiger partial charge in [0.1, 0.15) is 0 Å². The van der Waals surface area contributed by atoms with Crippen molar-refractivity contribution in [1.82, 2.24) is 5.32 Å². The zero-order valence-electron chi connectivity index (χ0n) is 11.3. The Morgan fingerprint density at radius 3 is 2.28 bits per heavy atom. The van der Waals surface area contributed by atoms with Gasteiger partial charge >= 0.3 is 0 Å². The Hall–Kier alpha value is -1.06. The van der Waals surface area contributed by atoms with Crippen molar-refractivity contribution in [3.63, 3.8) is 0 Å². The fraction of sp³-hybridized carbons (Fsp3) is 0.500. The highest BCUT2D eigenvalue weighted by atomic mass is 35.5. The number of nitrogens with two attached hydrogens (primary N) is 1. The Bertz CT molecular complexity index is 374. The van der Waals surface area contributed by atoms with Gasteiger partial charge in [-0.15, -0.1) is 12.4 Å². The van der Waals surface area contributed by atoms with E-state index in [0.717, 1.165) is 12.0 Å². The zero-order chi connectivity index (χ0) is 12.9. The first-order valence-electron chi connectivity index (χ1n) is 6.10. The Morgan fingerprint density at radius 2 is 1.83 bits per heavy atom. The summed E-state index contributed by atoms with van der Waals surface area (Å²) in [6.07, 6.45) is 1.01. The van der Waals surface area contributed by atoms with Crippen LogP contribution in [0.2, 0.25) is 0 Å².